The first-order valence-electron chi connectivity index (χ1n) is 10.6. The maximum Gasteiger partial charge on any atom is 0.237 e. The summed E-state index contributed by atoms with van der Waals surface area (Å²) in [6, 6.07) is 11.1. The van der Waals surface area contributed by atoms with Crippen molar-refractivity contribution in [3.8, 4) is 0 Å². The van der Waals surface area contributed by atoms with Crippen LogP contribution in [-0.4, -0.2) is 54.6 Å². The molecule has 2 atom stereocenters. The zero-order chi connectivity index (χ0) is 20.1. The van der Waals surface area contributed by atoms with Crippen LogP contribution in [0.25, 0.3) is 0 Å². The first-order chi connectivity index (χ1) is 14.2. The second-order valence-corrected chi connectivity index (χ2v) is 8.83. The summed E-state index contributed by atoms with van der Waals surface area (Å²) in [4.78, 5) is 17.5. The fraction of sp³-hybridized carbons (Fsp3) is 0.522. The van der Waals surface area contributed by atoms with Crippen LogP contribution in [0.3, 0.4) is 0 Å². The summed E-state index contributed by atoms with van der Waals surface area (Å²) in [6.45, 7) is 8.22. The molecule has 5 nitrogen and oxygen atoms in total. The van der Waals surface area contributed by atoms with Crippen molar-refractivity contribution >= 4 is 17.2 Å². The lowest BCUT2D eigenvalue weighted by Gasteiger charge is -2.29. The number of hydrogen-bond acceptors (Lipinski definition) is 5. The largest absolute Gasteiger partial charge is 0.379 e. The number of rotatable bonds is 7. The molecule has 2 aromatic rings. The number of nitrogens with one attached hydrogen (secondary N) is 1. The predicted molar refractivity (Wildman–Crippen MR) is 117 cm³/mol. The fourth-order valence-electron chi connectivity index (χ4n) is 4.34. The van der Waals surface area contributed by atoms with E-state index < -0.39 is 0 Å². The number of ether oxygens (including phenoxy) is 1. The lowest BCUT2D eigenvalue weighted by Crippen LogP contribution is -2.44. The normalized spacial score (nSPS) is 21.9. The molecule has 2 saturated heterocycles. The van der Waals surface area contributed by atoms with Gasteiger partial charge in [0.1, 0.15) is 0 Å². The maximum atomic E-state index is 12.8. The van der Waals surface area contributed by atoms with E-state index in [1.54, 1.807) is 11.3 Å². The molecule has 0 radical (unpaired) electrons. The minimum atomic E-state index is -0.108. The Labute approximate surface area is 177 Å². The highest BCUT2D eigenvalue weighted by Crippen LogP contribution is 2.34. The van der Waals surface area contributed by atoms with Gasteiger partial charge in [0.2, 0.25) is 5.91 Å². The zero-order valence-corrected chi connectivity index (χ0v) is 18.0. The zero-order valence-electron chi connectivity index (χ0n) is 17.2. The third-order valence-corrected chi connectivity index (χ3v) is 6.80. The van der Waals surface area contributed by atoms with Crippen molar-refractivity contribution in [2.24, 2.45) is 0 Å². The molecular weight excluding hydrogens is 382 g/mol. The molecule has 1 aromatic heterocycles. The lowest BCUT2D eigenvalue weighted by molar-refractivity contribution is -0.126. The van der Waals surface area contributed by atoms with Crippen LogP contribution < -0.4 is 5.32 Å². The third kappa shape index (κ3) is 5.25. The smallest absolute Gasteiger partial charge is 0.237 e. The van der Waals surface area contributed by atoms with Gasteiger partial charge in [0, 0.05) is 32.2 Å². The van der Waals surface area contributed by atoms with Crippen LogP contribution in [0.15, 0.2) is 41.1 Å². The van der Waals surface area contributed by atoms with Gasteiger partial charge in [0.05, 0.1) is 19.3 Å². The Hall–Kier alpha value is -1.73. The van der Waals surface area contributed by atoms with Crippen molar-refractivity contribution < 1.29 is 9.53 Å². The number of thiophene rings is 1. The number of morpholine rings is 1. The molecule has 0 saturated carbocycles. The van der Waals surface area contributed by atoms with Crippen LogP contribution in [0, 0.1) is 0 Å². The van der Waals surface area contributed by atoms with Gasteiger partial charge < -0.3 is 10.1 Å². The van der Waals surface area contributed by atoms with Gasteiger partial charge in [-0.1, -0.05) is 24.3 Å². The van der Waals surface area contributed by atoms with Crippen LogP contribution in [0.1, 0.15) is 42.5 Å². The predicted octanol–water partition coefficient (Wildman–Crippen LogP) is 3.42. The molecule has 4 rings (SSSR count). The van der Waals surface area contributed by atoms with E-state index in [4.69, 9.17) is 4.74 Å². The Balaban J connectivity index is 1.27. The molecule has 6 heteroatoms. The standard InChI is InChI=1S/C23H31N3O2S/c1-18(26-9-2-3-22(26)21-8-14-29-17-21)23(27)24-15-19-4-6-20(7-5-19)16-25-10-12-28-13-11-25/h4-8,14,17-18,22H,2-3,9-13,15-16H2,1H3,(H,24,27)/t18-,22-/m1/s1. The molecule has 0 aliphatic carbocycles. The van der Waals surface area contributed by atoms with Crippen LogP contribution in [0.4, 0.5) is 0 Å². The van der Waals surface area contributed by atoms with Gasteiger partial charge in [-0.25, -0.2) is 0 Å². The average Bonchev–Trinajstić information content (AvgIpc) is 3.45. The van der Waals surface area contributed by atoms with Gasteiger partial charge in [-0.05, 0) is 59.8 Å². The van der Waals surface area contributed by atoms with Crippen LogP contribution in [0.2, 0.25) is 0 Å². The second-order valence-electron chi connectivity index (χ2n) is 8.05. The Morgan fingerprint density at radius 3 is 2.66 bits per heavy atom. The van der Waals surface area contributed by atoms with Crippen LogP contribution in [-0.2, 0) is 22.6 Å². The van der Waals surface area contributed by atoms with Crippen molar-refractivity contribution in [1.82, 2.24) is 15.1 Å². The Bertz CT molecular complexity index is 772. The van der Waals surface area contributed by atoms with Gasteiger partial charge in [0.15, 0.2) is 0 Å². The van der Waals surface area contributed by atoms with Gasteiger partial charge in [0.25, 0.3) is 0 Å². The van der Waals surface area contributed by atoms with E-state index in [1.165, 1.54) is 11.1 Å². The molecular formula is C23H31N3O2S. The van der Waals surface area contributed by atoms with Gasteiger partial charge in [-0.2, -0.15) is 11.3 Å². The Kier molecular flexibility index (Phi) is 6.98. The molecule has 2 aliphatic rings. The monoisotopic (exact) mass is 413 g/mol. The quantitative estimate of drug-likeness (QED) is 0.755. The van der Waals surface area contributed by atoms with Crippen LogP contribution >= 0.6 is 11.3 Å². The van der Waals surface area contributed by atoms with E-state index in [2.05, 4.69) is 56.2 Å². The summed E-state index contributed by atoms with van der Waals surface area (Å²) in [7, 11) is 0. The van der Waals surface area contributed by atoms with E-state index in [-0.39, 0.29) is 11.9 Å². The number of nitrogens with zero attached hydrogens (tertiary/aromatic N) is 2. The number of hydrogen-bond donors (Lipinski definition) is 1. The van der Waals surface area contributed by atoms with E-state index in [1.807, 2.05) is 6.92 Å². The molecule has 2 aliphatic heterocycles. The fourth-order valence-corrected chi connectivity index (χ4v) is 5.05. The molecule has 0 unspecified atom stereocenters. The van der Waals surface area contributed by atoms with Crippen molar-refractivity contribution in [2.75, 3.05) is 32.8 Å². The number of amides is 1. The second kappa shape index (κ2) is 9.85. The van der Waals surface area contributed by atoms with E-state index in [9.17, 15) is 4.79 Å². The molecule has 1 amide bonds. The summed E-state index contributed by atoms with van der Waals surface area (Å²) in [6.07, 6.45) is 2.29. The topological polar surface area (TPSA) is 44.8 Å². The molecule has 0 spiro atoms. The van der Waals surface area contributed by atoms with Gasteiger partial charge in [-0.3, -0.25) is 14.6 Å². The van der Waals surface area contributed by atoms with Crippen LogP contribution in [0.5, 0.6) is 0 Å². The lowest BCUT2D eigenvalue weighted by atomic mass is 10.1. The first-order valence-corrected chi connectivity index (χ1v) is 11.6. The average molecular weight is 414 g/mol. The minimum Gasteiger partial charge on any atom is -0.379 e. The van der Waals surface area contributed by atoms with E-state index >= 15 is 0 Å². The summed E-state index contributed by atoms with van der Waals surface area (Å²) >= 11 is 1.73. The van der Waals surface area contributed by atoms with E-state index in [0.29, 0.717) is 12.6 Å². The molecule has 156 valence electrons. The Morgan fingerprint density at radius 2 is 1.93 bits per heavy atom. The number of carbonyl (C=O) groups is 1. The first kappa shape index (κ1) is 20.5. The van der Waals surface area contributed by atoms with Gasteiger partial charge in [-0.15, -0.1) is 0 Å². The molecule has 1 aromatic carbocycles. The summed E-state index contributed by atoms with van der Waals surface area (Å²) in [5.41, 5.74) is 3.81. The van der Waals surface area contributed by atoms with Crippen molar-refractivity contribution in [3.05, 3.63) is 57.8 Å². The number of carbonyl (C=O) groups excluding carboxylic acids is 1. The highest BCUT2D eigenvalue weighted by atomic mass is 32.1. The van der Waals surface area contributed by atoms with Gasteiger partial charge >= 0.3 is 0 Å². The molecule has 2 fully saturated rings. The van der Waals surface area contributed by atoms with Crippen molar-refractivity contribution in [3.63, 3.8) is 0 Å². The highest BCUT2D eigenvalue weighted by molar-refractivity contribution is 7.07. The minimum absolute atomic E-state index is 0.108. The SMILES string of the molecule is C[C@H](C(=O)NCc1ccc(CN2CCOCC2)cc1)N1CCC[C@@H]1c1ccsc1. The molecule has 3 heterocycles. The number of likely N-dealkylation sites (tertiary alicyclic amines) is 1. The molecule has 0 bridgehead atoms. The number of benzene rings is 1. The summed E-state index contributed by atoms with van der Waals surface area (Å²) < 4.78 is 5.41. The molecule has 1 N–H and O–H groups in total. The maximum absolute atomic E-state index is 12.8. The van der Waals surface area contributed by atoms with E-state index in [0.717, 1.165) is 57.8 Å². The summed E-state index contributed by atoms with van der Waals surface area (Å²) in [5, 5.41) is 7.48. The van der Waals surface area contributed by atoms with Crippen molar-refractivity contribution in [2.45, 2.75) is 44.9 Å². The summed E-state index contributed by atoms with van der Waals surface area (Å²) in [5.74, 6) is 0.115. The third-order valence-electron chi connectivity index (χ3n) is 6.10. The highest BCUT2D eigenvalue weighted by Gasteiger charge is 2.32. The van der Waals surface area contributed by atoms with Crippen molar-refractivity contribution in [1.29, 1.82) is 0 Å². The molecule has 29 heavy (non-hydrogen) atoms. The Morgan fingerprint density at radius 1 is 1.17 bits per heavy atom.